The molecule has 2 heteroatoms. The van der Waals surface area contributed by atoms with Gasteiger partial charge in [0.15, 0.2) is 0 Å². The molecule has 0 unspecified atom stereocenters. The Morgan fingerprint density at radius 2 is 1.81 bits per heavy atom. The molecule has 0 amide bonds. The number of hydrogen-bond acceptors (Lipinski definition) is 2. The topological polar surface area (TPSA) is 38.0 Å². The highest BCUT2D eigenvalue weighted by Crippen LogP contribution is 2.33. The van der Waals surface area contributed by atoms with Crippen LogP contribution in [0, 0.1) is 5.92 Å². The van der Waals surface area contributed by atoms with Gasteiger partial charge in [-0.2, -0.15) is 0 Å². The summed E-state index contributed by atoms with van der Waals surface area (Å²) in [6.45, 7) is 2.33. The highest BCUT2D eigenvalue weighted by molar-refractivity contribution is 4.87. The molecular weight excluding hydrogens is 196 g/mol. The fourth-order valence-electron chi connectivity index (χ4n) is 2.89. The van der Waals surface area contributed by atoms with Gasteiger partial charge in [-0.05, 0) is 51.1 Å². The van der Waals surface area contributed by atoms with E-state index in [4.69, 9.17) is 5.73 Å². The van der Waals surface area contributed by atoms with Gasteiger partial charge in [-0.15, -0.1) is 0 Å². The van der Waals surface area contributed by atoms with Crippen molar-refractivity contribution in [1.29, 1.82) is 0 Å². The molecule has 2 saturated carbocycles. The van der Waals surface area contributed by atoms with Crippen molar-refractivity contribution in [2.45, 2.75) is 69.7 Å². The Kier molecular flexibility index (Phi) is 4.66. The van der Waals surface area contributed by atoms with Gasteiger partial charge in [0, 0.05) is 5.54 Å². The maximum atomic E-state index is 6.39. The third-order valence-corrected chi connectivity index (χ3v) is 4.31. The summed E-state index contributed by atoms with van der Waals surface area (Å²) in [6.07, 6.45) is 13.6. The van der Waals surface area contributed by atoms with Crippen LogP contribution in [0.2, 0.25) is 0 Å². The van der Waals surface area contributed by atoms with Crippen molar-refractivity contribution in [3.05, 3.63) is 0 Å². The van der Waals surface area contributed by atoms with E-state index >= 15 is 0 Å². The molecule has 2 fully saturated rings. The smallest absolute Gasteiger partial charge is 0.0166 e. The normalized spacial score (nSPS) is 24.6. The predicted octanol–water partition coefficient (Wildman–Crippen LogP) is 2.82. The summed E-state index contributed by atoms with van der Waals surface area (Å²) in [5.41, 5.74) is 6.56. The van der Waals surface area contributed by atoms with Crippen LogP contribution in [0.25, 0.3) is 0 Å². The van der Waals surface area contributed by atoms with Crippen molar-refractivity contribution >= 4 is 0 Å². The van der Waals surface area contributed by atoms with Crippen molar-refractivity contribution in [3.8, 4) is 0 Å². The van der Waals surface area contributed by atoms with E-state index in [2.05, 4.69) is 5.32 Å². The predicted molar refractivity (Wildman–Crippen MR) is 69.4 cm³/mol. The van der Waals surface area contributed by atoms with E-state index in [9.17, 15) is 0 Å². The van der Waals surface area contributed by atoms with Crippen LogP contribution in [0.3, 0.4) is 0 Å². The lowest BCUT2D eigenvalue weighted by Gasteiger charge is -2.33. The first-order valence-electron chi connectivity index (χ1n) is 7.28. The summed E-state index contributed by atoms with van der Waals surface area (Å²) >= 11 is 0. The third kappa shape index (κ3) is 4.42. The molecule has 0 aliphatic heterocycles. The SMILES string of the molecule is NC1(CCNCCCC2CC2)CCCCC1. The van der Waals surface area contributed by atoms with Crippen molar-refractivity contribution in [3.63, 3.8) is 0 Å². The van der Waals surface area contributed by atoms with Crippen molar-refractivity contribution < 1.29 is 0 Å². The number of nitrogens with one attached hydrogen (secondary N) is 1. The molecule has 0 radical (unpaired) electrons. The molecule has 94 valence electrons. The number of hydrogen-bond donors (Lipinski definition) is 2. The molecule has 2 rings (SSSR count). The molecule has 0 spiro atoms. The maximum absolute atomic E-state index is 6.39. The average Bonchev–Trinajstić information content (AvgIpc) is 3.08. The summed E-state index contributed by atoms with van der Waals surface area (Å²) in [7, 11) is 0. The standard InChI is InChI=1S/C14H28N2/c15-14(8-2-1-3-9-14)10-12-16-11-4-5-13-6-7-13/h13,16H,1-12,15H2. The summed E-state index contributed by atoms with van der Waals surface area (Å²) < 4.78 is 0. The lowest BCUT2D eigenvalue weighted by atomic mass is 9.80. The summed E-state index contributed by atoms with van der Waals surface area (Å²) in [5, 5.41) is 3.56. The van der Waals surface area contributed by atoms with Gasteiger partial charge in [-0.1, -0.05) is 32.1 Å². The molecule has 16 heavy (non-hydrogen) atoms. The Morgan fingerprint density at radius 3 is 2.50 bits per heavy atom. The van der Waals surface area contributed by atoms with Gasteiger partial charge in [0.2, 0.25) is 0 Å². The van der Waals surface area contributed by atoms with Crippen LogP contribution in [0.15, 0.2) is 0 Å². The van der Waals surface area contributed by atoms with Gasteiger partial charge in [-0.3, -0.25) is 0 Å². The number of nitrogens with two attached hydrogens (primary N) is 1. The van der Waals surface area contributed by atoms with Crippen LogP contribution in [0.5, 0.6) is 0 Å². The number of rotatable bonds is 7. The second kappa shape index (κ2) is 6.02. The fourth-order valence-corrected chi connectivity index (χ4v) is 2.89. The average molecular weight is 224 g/mol. The van der Waals surface area contributed by atoms with Crippen LogP contribution in [0.1, 0.15) is 64.2 Å². The molecule has 0 aromatic heterocycles. The Balaban J connectivity index is 1.46. The molecule has 2 aliphatic carbocycles. The first kappa shape index (κ1) is 12.4. The second-order valence-corrected chi connectivity index (χ2v) is 6.01. The van der Waals surface area contributed by atoms with Crippen molar-refractivity contribution in [2.75, 3.05) is 13.1 Å². The molecule has 2 aliphatic rings. The van der Waals surface area contributed by atoms with Crippen LogP contribution in [-0.2, 0) is 0 Å². The Labute approximate surface area is 100 Å². The molecular formula is C14H28N2. The van der Waals surface area contributed by atoms with E-state index in [1.54, 1.807) is 0 Å². The fraction of sp³-hybridized carbons (Fsp3) is 1.00. The summed E-state index contributed by atoms with van der Waals surface area (Å²) in [6, 6.07) is 0. The molecule has 3 N–H and O–H groups in total. The molecule has 0 heterocycles. The lowest BCUT2D eigenvalue weighted by molar-refractivity contribution is 0.275. The first-order valence-corrected chi connectivity index (χ1v) is 7.28. The zero-order valence-electron chi connectivity index (χ0n) is 10.6. The molecule has 0 saturated heterocycles. The Bertz CT molecular complexity index is 193. The highest BCUT2D eigenvalue weighted by Gasteiger charge is 2.26. The summed E-state index contributed by atoms with van der Waals surface area (Å²) in [4.78, 5) is 0. The van der Waals surface area contributed by atoms with E-state index in [1.165, 1.54) is 70.8 Å². The molecule has 0 bridgehead atoms. The van der Waals surface area contributed by atoms with Gasteiger partial charge in [0.05, 0.1) is 0 Å². The second-order valence-electron chi connectivity index (χ2n) is 6.01. The third-order valence-electron chi connectivity index (χ3n) is 4.31. The summed E-state index contributed by atoms with van der Waals surface area (Å²) in [5.74, 6) is 1.08. The van der Waals surface area contributed by atoms with E-state index in [0.29, 0.717) is 0 Å². The molecule has 0 aromatic carbocycles. The van der Waals surface area contributed by atoms with Gasteiger partial charge in [-0.25, -0.2) is 0 Å². The lowest BCUT2D eigenvalue weighted by Crippen LogP contribution is -2.44. The zero-order chi connectivity index (χ0) is 11.3. The van der Waals surface area contributed by atoms with Gasteiger partial charge >= 0.3 is 0 Å². The van der Waals surface area contributed by atoms with Crippen LogP contribution in [0.4, 0.5) is 0 Å². The molecule has 0 atom stereocenters. The van der Waals surface area contributed by atoms with E-state index < -0.39 is 0 Å². The minimum Gasteiger partial charge on any atom is -0.325 e. The maximum Gasteiger partial charge on any atom is 0.0166 e. The minimum absolute atomic E-state index is 0.168. The molecule has 0 aromatic rings. The van der Waals surface area contributed by atoms with E-state index in [-0.39, 0.29) is 5.54 Å². The van der Waals surface area contributed by atoms with Crippen molar-refractivity contribution in [1.82, 2.24) is 5.32 Å². The van der Waals surface area contributed by atoms with Gasteiger partial charge in [0.1, 0.15) is 0 Å². The van der Waals surface area contributed by atoms with Crippen LogP contribution < -0.4 is 11.1 Å². The zero-order valence-corrected chi connectivity index (χ0v) is 10.6. The van der Waals surface area contributed by atoms with Gasteiger partial charge in [0.25, 0.3) is 0 Å². The quantitative estimate of drug-likeness (QED) is 0.653. The Morgan fingerprint density at radius 1 is 1.06 bits per heavy atom. The largest absolute Gasteiger partial charge is 0.325 e. The minimum atomic E-state index is 0.168. The van der Waals surface area contributed by atoms with E-state index in [1.807, 2.05) is 0 Å². The monoisotopic (exact) mass is 224 g/mol. The Hall–Kier alpha value is -0.0800. The van der Waals surface area contributed by atoms with Crippen molar-refractivity contribution in [2.24, 2.45) is 11.7 Å². The van der Waals surface area contributed by atoms with Gasteiger partial charge < -0.3 is 11.1 Å². The first-order chi connectivity index (χ1) is 7.79. The van der Waals surface area contributed by atoms with Crippen LogP contribution in [-0.4, -0.2) is 18.6 Å². The van der Waals surface area contributed by atoms with Crippen LogP contribution >= 0.6 is 0 Å². The highest BCUT2D eigenvalue weighted by atomic mass is 14.9. The molecule has 2 nitrogen and oxygen atoms in total. The van der Waals surface area contributed by atoms with E-state index in [0.717, 1.165) is 12.5 Å².